The summed E-state index contributed by atoms with van der Waals surface area (Å²) in [7, 11) is 0. The minimum atomic E-state index is -0.792. The van der Waals surface area contributed by atoms with Crippen LogP contribution in [0, 0.1) is 29.9 Å². The summed E-state index contributed by atoms with van der Waals surface area (Å²) in [5.41, 5.74) is 3.43. The molecule has 186 valence electrons. The summed E-state index contributed by atoms with van der Waals surface area (Å²) >= 11 is 5.79. The molecule has 0 saturated heterocycles. The largest absolute Gasteiger partial charge is 0.347 e. The minimum absolute atomic E-state index is 0.0118. The van der Waals surface area contributed by atoms with E-state index in [1.54, 1.807) is 6.07 Å². The van der Waals surface area contributed by atoms with Gasteiger partial charge in [0, 0.05) is 12.6 Å². The van der Waals surface area contributed by atoms with Crippen molar-refractivity contribution in [3.63, 3.8) is 0 Å². The first-order valence-electron chi connectivity index (χ1n) is 11.4. The van der Waals surface area contributed by atoms with Gasteiger partial charge in [0.15, 0.2) is 11.5 Å². The number of nitrogens with zero attached hydrogens (tertiary/aromatic N) is 4. The number of amides is 2. The van der Waals surface area contributed by atoms with E-state index in [9.17, 15) is 23.6 Å². The van der Waals surface area contributed by atoms with E-state index in [0.717, 1.165) is 27.4 Å². The lowest BCUT2D eigenvalue weighted by Gasteiger charge is -2.16. The highest BCUT2D eigenvalue weighted by molar-refractivity contribution is 6.30. The summed E-state index contributed by atoms with van der Waals surface area (Å²) in [5.74, 6) is -2.60. The molecule has 0 fully saturated rings. The van der Waals surface area contributed by atoms with E-state index < -0.39 is 23.4 Å². The molecule has 0 radical (unpaired) electrons. The monoisotopic (exact) mass is 520 g/mol. The number of fused-ring (bicyclic) bond motifs is 2. The first-order chi connectivity index (χ1) is 17.8. The predicted molar refractivity (Wildman–Crippen MR) is 130 cm³/mol. The minimum Gasteiger partial charge on any atom is -0.347 e. The fourth-order valence-corrected chi connectivity index (χ4v) is 4.72. The summed E-state index contributed by atoms with van der Waals surface area (Å²) in [6, 6.07) is 10.7. The molecule has 5 rings (SSSR count). The van der Waals surface area contributed by atoms with Crippen molar-refractivity contribution >= 4 is 29.1 Å². The first kappa shape index (κ1) is 24.3. The molecule has 2 aromatic heterocycles. The van der Waals surface area contributed by atoms with Crippen LogP contribution in [0.25, 0.3) is 5.65 Å². The van der Waals surface area contributed by atoms with Crippen molar-refractivity contribution in [1.82, 2.24) is 25.2 Å². The van der Waals surface area contributed by atoms with Crippen LogP contribution >= 0.6 is 11.6 Å². The van der Waals surface area contributed by atoms with Gasteiger partial charge in [-0.25, -0.2) is 18.3 Å². The third-order valence-electron chi connectivity index (χ3n) is 6.45. The van der Waals surface area contributed by atoms with Crippen molar-refractivity contribution in [2.24, 2.45) is 0 Å². The van der Waals surface area contributed by atoms with E-state index >= 15 is 0 Å². The molecule has 1 aliphatic rings. The van der Waals surface area contributed by atoms with Gasteiger partial charge >= 0.3 is 0 Å². The van der Waals surface area contributed by atoms with Gasteiger partial charge in [0.1, 0.15) is 17.2 Å². The van der Waals surface area contributed by atoms with Crippen molar-refractivity contribution in [2.45, 2.75) is 32.4 Å². The Kier molecular flexibility index (Phi) is 6.31. The Morgan fingerprint density at radius 2 is 2.00 bits per heavy atom. The second-order valence-corrected chi connectivity index (χ2v) is 9.08. The number of nitrogens with one attached hydrogen (secondary N) is 2. The highest BCUT2D eigenvalue weighted by atomic mass is 35.5. The number of carbonyl (C=O) groups excluding carboxylic acids is 2. The Balaban J connectivity index is 1.41. The van der Waals surface area contributed by atoms with Gasteiger partial charge in [0.2, 0.25) is 0 Å². The summed E-state index contributed by atoms with van der Waals surface area (Å²) in [5, 5.41) is 18.7. The van der Waals surface area contributed by atoms with E-state index in [4.69, 9.17) is 11.6 Å². The molecule has 1 atom stereocenters. The molecular formula is C26H19ClF2N6O2. The van der Waals surface area contributed by atoms with Gasteiger partial charge < -0.3 is 10.6 Å². The fourth-order valence-electron chi connectivity index (χ4n) is 4.52. The van der Waals surface area contributed by atoms with Crippen LogP contribution in [0.2, 0.25) is 5.02 Å². The third kappa shape index (κ3) is 4.49. The maximum atomic E-state index is 14.4. The Labute approximate surface area is 214 Å². The van der Waals surface area contributed by atoms with Crippen molar-refractivity contribution in [1.29, 1.82) is 5.26 Å². The molecule has 2 amide bonds. The van der Waals surface area contributed by atoms with Gasteiger partial charge in [0.05, 0.1) is 28.9 Å². The average molecular weight is 521 g/mol. The lowest BCUT2D eigenvalue weighted by molar-refractivity contribution is 0.0929. The smallest absolute Gasteiger partial charge is 0.270 e. The van der Waals surface area contributed by atoms with E-state index in [1.807, 2.05) is 13.0 Å². The topological polar surface area (TPSA) is 112 Å². The van der Waals surface area contributed by atoms with Crippen LogP contribution in [0.1, 0.15) is 61.3 Å². The van der Waals surface area contributed by atoms with E-state index in [2.05, 4.69) is 26.8 Å². The molecule has 1 aliphatic carbocycles. The van der Waals surface area contributed by atoms with Crippen LogP contribution in [0.15, 0.2) is 42.6 Å². The van der Waals surface area contributed by atoms with Gasteiger partial charge in [-0.2, -0.15) is 10.4 Å². The number of aromatic nitrogens is 3. The van der Waals surface area contributed by atoms with Gasteiger partial charge in [0.25, 0.3) is 11.8 Å². The van der Waals surface area contributed by atoms with Crippen LogP contribution in [0.5, 0.6) is 0 Å². The molecule has 37 heavy (non-hydrogen) atoms. The normalized spacial score (nSPS) is 14.3. The highest BCUT2D eigenvalue weighted by Gasteiger charge is 2.28. The Morgan fingerprint density at radius 3 is 2.76 bits per heavy atom. The summed E-state index contributed by atoms with van der Waals surface area (Å²) in [6.07, 6.45) is 2.25. The number of rotatable bonds is 5. The molecule has 0 spiro atoms. The summed E-state index contributed by atoms with van der Waals surface area (Å²) in [6.45, 7) is 1.89. The second kappa shape index (κ2) is 9.59. The Hall–Kier alpha value is -4.36. The maximum absolute atomic E-state index is 14.4. The SMILES string of the molecule is Cc1c(C#N)ccc2c1CC[C@@H]2NC(=O)c1cc(C(=O)NCc2ccc(F)c(Cl)c2)nc2c(F)cnn12. The quantitative estimate of drug-likeness (QED) is 0.410. The zero-order chi connectivity index (χ0) is 26.3. The lowest BCUT2D eigenvalue weighted by Crippen LogP contribution is -2.30. The highest BCUT2D eigenvalue weighted by Crippen LogP contribution is 2.34. The molecule has 11 heteroatoms. The van der Waals surface area contributed by atoms with Crippen molar-refractivity contribution in [3.05, 3.63) is 98.5 Å². The zero-order valence-electron chi connectivity index (χ0n) is 19.5. The van der Waals surface area contributed by atoms with Gasteiger partial charge in [-0.1, -0.05) is 23.7 Å². The third-order valence-corrected chi connectivity index (χ3v) is 6.74. The Morgan fingerprint density at radius 1 is 1.19 bits per heavy atom. The summed E-state index contributed by atoms with van der Waals surface area (Å²) < 4.78 is 28.8. The molecule has 8 nitrogen and oxygen atoms in total. The zero-order valence-corrected chi connectivity index (χ0v) is 20.2. The number of carbonyl (C=O) groups is 2. The lowest BCUT2D eigenvalue weighted by atomic mass is 9.98. The van der Waals surface area contributed by atoms with Crippen LogP contribution < -0.4 is 10.6 Å². The van der Waals surface area contributed by atoms with Crippen LogP contribution in [-0.4, -0.2) is 26.4 Å². The number of hydrogen-bond donors (Lipinski definition) is 2. The molecule has 2 N–H and O–H groups in total. The predicted octanol–water partition coefficient (Wildman–Crippen LogP) is 4.19. The van der Waals surface area contributed by atoms with Crippen molar-refractivity contribution < 1.29 is 18.4 Å². The van der Waals surface area contributed by atoms with E-state index in [0.29, 0.717) is 24.0 Å². The summed E-state index contributed by atoms with van der Waals surface area (Å²) in [4.78, 5) is 30.2. The molecule has 0 saturated carbocycles. The number of halogens is 3. The number of benzene rings is 2. The van der Waals surface area contributed by atoms with Gasteiger partial charge in [-0.15, -0.1) is 0 Å². The molecule has 2 heterocycles. The van der Waals surface area contributed by atoms with Crippen molar-refractivity contribution in [3.8, 4) is 6.07 Å². The Bertz CT molecular complexity index is 1630. The van der Waals surface area contributed by atoms with Crippen molar-refractivity contribution in [2.75, 3.05) is 0 Å². The molecular weight excluding hydrogens is 502 g/mol. The second-order valence-electron chi connectivity index (χ2n) is 8.67. The standard InChI is InChI=1S/C26H19ClF2N6O2/c1-13-15(10-30)3-4-17-16(13)5-7-21(17)34-26(37)23-9-22(33-24-20(29)12-32-35(23)24)25(36)31-11-14-2-6-19(28)18(27)8-14/h2-4,6,8-9,12,21H,5,7,11H2,1H3,(H,31,36)(H,34,37)/t21-/m0/s1. The molecule has 0 bridgehead atoms. The van der Waals surface area contributed by atoms with E-state index in [1.165, 1.54) is 24.3 Å². The average Bonchev–Trinajstić information content (AvgIpc) is 3.48. The van der Waals surface area contributed by atoms with Crippen LogP contribution in [0.4, 0.5) is 8.78 Å². The van der Waals surface area contributed by atoms with Crippen LogP contribution in [0.3, 0.4) is 0 Å². The van der Waals surface area contributed by atoms with Gasteiger partial charge in [-0.05, 0) is 60.2 Å². The van der Waals surface area contributed by atoms with Gasteiger partial charge in [-0.3, -0.25) is 9.59 Å². The molecule has 0 aliphatic heterocycles. The van der Waals surface area contributed by atoms with Crippen LogP contribution in [-0.2, 0) is 13.0 Å². The van der Waals surface area contributed by atoms with E-state index in [-0.39, 0.29) is 34.6 Å². The fraction of sp³-hybridized carbons (Fsp3) is 0.192. The molecule has 4 aromatic rings. The molecule has 0 unspecified atom stereocenters. The maximum Gasteiger partial charge on any atom is 0.270 e. The number of hydrogen-bond acceptors (Lipinski definition) is 5. The first-order valence-corrected chi connectivity index (χ1v) is 11.7. The molecule has 2 aromatic carbocycles. The number of nitriles is 1.